The van der Waals surface area contributed by atoms with Crippen molar-refractivity contribution in [1.29, 1.82) is 0 Å². The third-order valence-electron chi connectivity index (χ3n) is 2.07. The van der Waals surface area contributed by atoms with Crippen LogP contribution >= 0.6 is 0 Å². The van der Waals surface area contributed by atoms with E-state index in [1.807, 2.05) is 0 Å². The predicted octanol–water partition coefficient (Wildman–Crippen LogP) is 1.32. The first kappa shape index (κ1) is 10.4. The minimum atomic E-state index is -0.793. The number of rotatable bonds is 2. The van der Waals surface area contributed by atoms with Gasteiger partial charge in [-0.15, -0.1) is 5.10 Å². The molecular weight excluding hydrogens is 216 g/mol. The molecule has 0 fully saturated rings. The Hall–Kier alpha value is -2.11. The van der Waals surface area contributed by atoms with E-state index in [1.165, 1.54) is 17.9 Å². The van der Waals surface area contributed by atoms with E-state index >= 15 is 0 Å². The van der Waals surface area contributed by atoms with E-state index in [0.717, 1.165) is 12.1 Å². The number of ketones is 1. The Balaban J connectivity index is 2.45. The number of aryl methyl sites for hydroxylation is 1. The minimum Gasteiger partial charge on any atom is -0.287 e. The Bertz CT molecular complexity index is 530. The molecule has 0 N–H and O–H groups in total. The van der Waals surface area contributed by atoms with Gasteiger partial charge in [-0.1, -0.05) is 5.21 Å². The van der Waals surface area contributed by atoms with Gasteiger partial charge in [0.05, 0.1) is 6.20 Å². The van der Waals surface area contributed by atoms with E-state index in [-0.39, 0.29) is 11.3 Å². The highest BCUT2D eigenvalue weighted by molar-refractivity contribution is 6.07. The average Bonchev–Trinajstić information content (AvgIpc) is 2.62. The van der Waals surface area contributed by atoms with Crippen molar-refractivity contribution < 1.29 is 13.6 Å². The van der Waals surface area contributed by atoms with Crippen LogP contribution in [0.5, 0.6) is 0 Å². The fourth-order valence-electron chi connectivity index (χ4n) is 1.33. The van der Waals surface area contributed by atoms with Crippen molar-refractivity contribution in [2.75, 3.05) is 0 Å². The summed E-state index contributed by atoms with van der Waals surface area (Å²) in [5.74, 6) is -2.11. The fourth-order valence-corrected chi connectivity index (χ4v) is 1.33. The Morgan fingerprint density at radius 3 is 2.38 bits per heavy atom. The van der Waals surface area contributed by atoms with Crippen LogP contribution in [0, 0.1) is 11.6 Å². The molecule has 0 saturated heterocycles. The molecule has 0 radical (unpaired) electrons. The van der Waals surface area contributed by atoms with Crippen LogP contribution in [0.2, 0.25) is 0 Å². The third-order valence-corrected chi connectivity index (χ3v) is 2.07. The van der Waals surface area contributed by atoms with Gasteiger partial charge in [-0.2, -0.15) is 0 Å². The number of hydrogen-bond donors (Lipinski definition) is 0. The second kappa shape index (κ2) is 3.80. The van der Waals surface area contributed by atoms with Crippen LogP contribution in [0.3, 0.4) is 0 Å². The topological polar surface area (TPSA) is 47.8 Å². The largest absolute Gasteiger partial charge is 0.287 e. The van der Waals surface area contributed by atoms with E-state index in [0.29, 0.717) is 6.07 Å². The van der Waals surface area contributed by atoms with E-state index in [9.17, 15) is 13.6 Å². The zero-order valence-electron chi connectivity index (χ0n) is 8.32. The summed E-state index contributed by atoms with van der Waals surface area (Å²) in [5, 5.41) is 7.08. The highest BCUT2D eigenvalue weighted by Gasteiger charge is 2.15. The first-order chi connectivity index (χ1) is 7.58. The van der Waals surface area contributed by atoms with E-state index in [2.05, 4.69) is 10.3 Å². The lowest BCUT2D eigenvalue weighted by atomic mass is 10.1. The molecule has 1 aromatic carbocycles. The molecule has 0 unspecified atom stereocenters. The van der Waals surface area contributed by atoms with E-state index in [4.69, 9.17) is 0 Å². The number of hydrogen-bond acceptors (Lipinski definition) is 3. The van der Waals surface area contributed by atoms with Crippen molar-refractivity contribution in [1.82, 2.24) is 15.0 Å². The molecule has 1 aromatic heterocycles. The number of halogens is 2. The zero-order valence-corrected chi connectivity index (χ0v) is 8.32. The molecule has 0 amide bonds. The molecule has 4 nitrogen and oxygen atoms in total. The second-order valence-corrected chi connectivity index (χ2v) is 3.23. The molecule has 16 heavy (non-hydrogen) atoms. The maximum absolute atomic E-state index is 12.9. The van der Waals surface area contributed by atoms with Gasteiger partial charge in [0, 0.05) is 18.7 Å². The van der Waals surface area contributed by atoms with Gasteiger partial charge in [-0.05, 0) is 12.1 Å². The Kier molecular flexibility index (Phi) is 2.47. The molecule has 82 valence electrons. The molecule has 6 heteroatoms. The highest BCUT2D eigenvalue weighted by atomic mass is 19.1. The van der Waals surface area contributed by atoms with Crippen LogP contribution in [-0.2, 0) is 7.05 Å². The fraction of sp³-hybridized carbons (Fsp3) is 0.100. The summed E-state index contributed by atoms with van der Waals surface area (Å²) in [6.45, 7) is 0. The van der Waals surface area contributed by atoms with Crippen LogP contribution in [0.1, 0.15) is 16.1 Å². The van der Waals surface area contributed by atoms with Crippen molar-refractivity contribution in [2.45, 2.75) is 0 Å². The zero-order chi connectivity index (χ0) is 11.7. The van der Waals surface area contributed by atoms with Crippen LogP contribution in [0.15, 0.2) is 24.4 Å². The van der Waals surface area contributed by atoms with Gasteiger partial charge >= 0.3 is 0 Å². The summed E-state index contributed by atoms with van der Waals surface area (Å²) in [7, 11) is 1.52. The number of nitrogens with zero attached hydrogens (tertiary/aromatic N) is 3. The van der Waals surface area contributed by atoms with E-state index < -0.39 is 17.4 Å². The first-order valence-corrected chi connectivity index (χ1v) is 4.43. The van der Waals surface area contributed by atoms with Crippen LogP contribution in [0.25, 0.3) is 0 Å². The minimum absolute atomic E-state index is 0.0668. The number of aromatic nitrogens is 3. The van der Waals surface area contributed by atoms with Gasteiger partial charge in [0.15, 0.2) is 0 Å². The number of benzene rings is 1. The molecule has 0 aliphatic rings. The SMILES string of the molecule is Cn1nncc1C(=O)c1cc(F)cc(F)c1. The molecule has 0 atom stereocenters. The lowest BCUT2D eigenvalue weighted by molar-refractivity contribution is 0.102. The first-order valence-electron chi connectivity index (χ1n) is 4.43. The van der Waals surface area contributed by atoms with Crippen molar-refractivity contribution in [3.05, 3.63) is 47.3 Å². The summed E-state index contributed by atoms with van der Waals surface area (Å²) in [6, 6.07) is 2.65. The van der Waals surface area contributed by atoms with Crippen LogP contribution < -0.4 is 0 Å². The van der Waals surface area contributed by atoms with Gasteiger partial charge in [-0.3, -0.25) is 4.79 Å². The maximum Gasteiger partial charge on any atom is 0.212 e. The summed E-state index contributed by atoms with van der Waals surface area (Å²) < 4.78 is 27.0. The Morgan fingerprint density at radius 1 is 1.25 bits per heavy atom. The molecule has 2 rings (SSSR count). The average molecular weight is 223 g/mol. The third kappa shape index (κ3) is 1.81. The molecule has 0 spiro atoms. The highest BCUT2D eigenvalue weighted by Crippen LogP contribution is 2.12. The van der Waals surface area contributed by atoms with Gasteiger partial charge < -0.3 is 0 Å². The normalized spacial score (nSPS) is 10.4. The van der Waals surface area contributed by atoms with Gasteiger partial charge in [-0.25, -0.2) is 13.5 Å². The van der Waals surface area contributed by atoms with Crippen LogP contribution in [-0.4, -0.2) is 20.8 Å². The van der Waals surface area contributed by atoms with Crippen molar-refractivity contribution in [3.63, 3.8) is 0 Å². The van der Waals surface area contributed by atoms with Crippen molar-refractivity contribution >= 4 is 5.78 Å². The maximum atomic E-state index is 12.9. The smallest absolute Gasteiger partial charge is 0.212 e. The molecule has 0 aliphatic heterocycles. The summed E-state index contributed by atoms with van der Waals surface area (Å²) in [6.07, 6.45) is 1.24. The summed E-state index contributed by atoms with van der Waals surface area (Å²) >= 11 is 0. The van der Waals surface area contributed by atoms with Gasteiger partial charge in [0.25, 0.3) is 0 Å². The lowest BCUT2D eigenvalue weighted by Crippen LogP contribution is -2.08. The van der Waals surface area contributed by atoms with Crippen LogP contribution in [0.4, 0.5) is 8.78 Å². The molecule has 2 aromatic rings. The van der Waals surface area contributed by atoms with Gasteiger partial charge in [0.2, 0.25) is 5.78 Å². The standard InChI is InChI=1S/C10H7F2N3O/c1-15-9(5-13-14-15)10(16)6-2-7(11)4-8(12)3-6/h2-5H,1H3. The molecule has 0 aliphatic carbocycles. The second-order valence-electron chi connectivity index (χ2n) is 3.23. The molecule has 0 saturated carbocycles. The lowest BCUT2D eigenvalue weighted by Gasteiger charge is -2.01. The molecular formula is C10H7F2N3O. The molecule has 0 bridgehead atoms. The number of carbonyl (C=O) groups excluding carboxylic acids is 1. The molecule has 1 heterocycles. The Labute approximate surface area is 89.5 Å². The Morgan fingerprint density at radius 2 is 1.88 bits per heavy atom. The predicted molar refractivity (Wildman–Crippen MR) is 50.8 cm³/mol. The number of carbonyl (C=O) groups is 1. The van der Waals surface area contributed by atoms with E-state index in [1.54, 1.807) is 0 Å². The van der Waals surface area contributed by atoms with Gasteiger partial charge in [0.1, 0.15) is 17.3 Å². The summed E-state index contributed by atoms with van der Waals surface area (Å²) in [5.41, 5.74) is 0.105. The summed E-state index contributed by atoms with van der Waals surface area (Å²) in [4.78, 5) is 11.8. The quantitative estimate of drug-likeness (QED) is 0.721. The monoisotopic (exact) mass is 223 g/mol. The van der Waals surface area contributed by atoms with Crippen molar-refractivity contribution in [2.24, 2.45) is 7.05 Å². The van der Waals surface area contributed by atoms with Crippen molar-refractivity contribution in [3.8, 4) is 0 Å².